The van der Waals surface area contributed by atoms with Crippen LogP contribution in [-0.2, 0) is 33.3 Å². The van der Waals surface area contributed by atoms with Crippen molar-refractivity contribution in [3.8, 4) is 0 Å². The Morgan fingerprint density at radius 1 is 0.309 bits per heavy atom. The first-order valence-corrected chi connectivity index (χ1v) is 42.4. The van der Waals surface area contributed by atoms with Crippen LogP contribution in [0.5, 0.6) is 0 Å². The molecule has 9 nitrogen and oxygen atoms in total. The van der Waals surface area contributed by atoms with Gasteiger partial charge in [-0.15, -0.1) is 0 Å². The third-order valence-electron chi connectivity index (χ3n) is 19.2. The van der Waals surface area contributed by atoms with E-state index in [-0.39, 0.29) is 32.2 Å². The summed E-state index contributed by atoms with van der Waals surface area (Å²) in [7, 11) is 5.95. The van der Waals surface area contributed by atoms with Crippen LogP contribution >= 0.6 is 0 Å². The zero-order valence-electron chi connectivity index (χ0n) is 65.2. The van der Waals surface area contributed by atoms with Crippen molar-refractivity contribution in [2.75, 3.05) is 47.5 Å². The number of allylic oxidation sites excluding steroid dienone is 10. The highest BCUT2D eigenvalue weighted by Crippen LogP contribution is 2.20. The molecule has 0 radical (unpaired) electrons. The van der Waals surface area contributed by atoms with E-state index in [2.05, 4.69) is 74.6 Å². The Balaban J connectivity index is 3.94. The second-order valence-electron chi connectivity index (χ2n) is 30.1. The molecule has 2 atom stereocenters. The number of rotatable bonds is 80. The number of carboxylic acids is 1. The Hall–Kier alpha value is -3.01. The van der Waals surface area contributed by atoms with Crippen molar-refractivity contribution in [2.24, 2.45) is 0 Å². The fraction of sp³-hybridized carbons (Fsp3) is 0.852. The van der Waals surface area contributed by atoms with E-state index in [9.17, 15) is 19.5 Å². The Morgan fingerprint density at radius 2 is 0.557 bits per heavy atom. The van der Waals surface area contributed by atoms with E-state index < -0.39 is 24.3 Å². The maximum atomic E-state index is 13.0. The van der Waals surface area contributed by atoms with Gasteiger partial charge in [-0.05, 0) is 83.5 Å². The fourth-order valence-electron chi connectivity index (χ4n) is 12.8. The van der Waals surface area contributed by atoms with Gasteiger partial charge < -0.3 is 33.3 Å². The lowest BCUT2D eigenvalue weighted by Gasteiger charge is -2.26. The molecule has 97 heavy (non-hydrogen) atoms. The molecule has 0 rings (SSSR count). The van der Waals surface area contributed by atoms with Crippen molar-refractivity contribution in [3.05, 3.63) is 60.8 Å². The molecule has 568 valence electrons. The molecule has 0 spiro atoms. The van der Waals surface area contributed by atoms with E-state index in [0.717, 1.165) is 51.4 Å². The van der Waals surface area contributed by atoms with Crippen LogP contribution < -0.4 is 5.11 Å². The first kappa shape index (κ1) is 94.0. The molecule has 0 N–H and O–H groups in total. The summed E-state index contributed by atoms with van der Waals surface area (Å²) in [6, 6.07) is 0. The molecule has 0 saturated carbocycles. The predicted octanol–water partition coefficient (Wildman–Crippen LogP) is 26.0. The number of carbonyl (C=O) groups excluding carboxylic acids is 3. The quantitative estimate of drug-likeness (QED) is 0.0195. The lowest BCUT2D eigenvalue weighted by atomic mass is 10.0. The van der Waals surface area contributed by atoms with Gasteiger partial charge in [-0.2, -0.15) is 0 Å². The molecular formula is C88H163NO8. The number of aliphatic carboxylic acids is 1. The zero-order chi connectivity index (χ0) is 70.4. The van der Waals surface area contributed by atoms with Crippen molar-refractivity contribution in [1.29, 1.82) is 0 Å². The number of unbranched alkanes of at least 4 members (excludes halogenated alkanes) is 55. The Labute approximate surface area is 603 Å². The summed E-state index contributed by atoms with van der Waals surface area (Å²) >= 11 is 0. The summed E-state index contributed by atoms with van der Waals surface area (Å²) < 4.78 is 22.9. The molecule has 0 bridgehead atoms. The van der Waals surface area contributed by atoms with Crippen molar-refractivity contribution in [2.45, 2.75) is 437 Å². The maximum Gasteiger partial charge on any atom is 0.306 e. The van der Waals surface area contributed by atoms with E-state index in [1.807, 2.05) is 21.1 Å². The molecule has 0 fully saturated rings. The van der Waals surface area contributed by atoms with Gasteiger partial charge in [-0.25, -0.2) is 0 Å². The lowest BCUT2D eigenvalue weighted by Crippen LogP contribution is -2.44. The summed E-state index contributed by atoms with van der Waals surface area (Å²) in [4.78, 5) is 37.6. The fourth-order valence-corrected chi connectivity index (χ4v) is 12.8. The zero-order valence-corrected chi connectivity index (χ0v) is 65.2. The van der Waals surface area contributed by atoms with Crippen molar-refractivity contribution in [1.82, 2.24) is 0 Å². The van der Waals surface area contributed by atoms with E-state index >= 15 is 0 Å². The average molecular weight is 1360 g/mol. The number of esters is 2. The highest BCUT2D eigenvalue weighted by molar-refractivity contribution is 5.70. The second kappa shape index (κ2) is 78.7. The summed E-state index contributed by atoms with van der Waals surface area (Å²) in [6.07, 6.45) is 102. The Kier molecular flexibility index (Phi) is 76.3. The van der Waals surface area contributed by atoms with Gasteiger partial charge in [0.15, 0.2) is 12.4 Å². The molecule has 0 aliphatic carbocycles. The van der Waals surface area contributed by atoms with Crippen LogP contribution in [0.3, 0.4) is 0 Å². The normalized spacial score (nSPS) is 12.9. The monoisotopic (exact) mass is 1360 g/mol. The third kappa shape index (κ3) is 80.2. The van der Waals surface area contributed by atoms with Gasteiger partial charge in [-0.1, -0.05) is 389 Å². The van der Waals surface area contributed by atoms with Crippen LogP contribution in [0, 0.1) is 0 Å². The van der Waals surface area contributed by atoms with Crippen LogP contribution in [0.2, 0.25) is 0 Å². The molecule has 0 aromatic rings. The topological polar surface area (TPSA) is 111 Å². The van der Waals surface area contributed by atoms with E-state index in [1.165, 1.54) is 340 Å². The SMILES string of the molecule is CCCCCCC/C=C\C/C=C\C/C=C\CCCCCCCCCCCCCCCCCCCCC(=O)OC(COC(=O)CCCCCCCCCCCCCCCCCCCCCCCCCCCCC/C=C\C/C=C\CCCCCCC)COC(OCC[N+](C)(C)C)C(=O)[O-]. The molecule has 0 aliphatic heterocycles. The summed E-state index contributed by atoms with van der Waals surface area (Å²) in [5.74, 6) is -2.25. The first-order chi connectivity index (χ1) is 47.6. The average Bonchev–Trinajstić information content (AvgIpc) is 2.59. The minimum absolute atomic E-state index is 0.150. The van der Waals surface area contributed by atoms with Crippen LogP contribution in [0.4, 0.5) is 0 Å². The third-order valence-corrected chi connectivity index (χ3v) is 19.2. The van der Waals surface area contributed by atoms with Gasteiger partial charge in [0, 0.05) is 12.8 Å². The summed E-state index contributed by atoms with van der Waals surface area (Å²) in [5.41, 5.74) is 0. The molecule has 0 aromatic heterocycles. The number of hydrogen-bond donors (Lipinski definition) is 0. The number of carboxylic acid groups (broad SMARTS) is 1. The van der Waals surface area contributed by atoms with Crippen molar-refractivity contribution < 1.29 is 42.9 Å². The van der Waals surface area contributed by atoms with Gasteiger partial charge in [0.25, 0.3) is 0 Å². The minimum atomic E-state index is -1.62. The highest BCUT2D eigenvalue weighted by Gasteiger charge is 2.22. The predicted molar refractivity (Wildman–Crippen MR) is 417 cm³/mol. The van der Waals surface area contributed by atoms with Gasteiger partial charge in [0.05, 0.1) is 40.3 Å². The molecule has 0 heterocycles. The maximum absolute atomic E-state index is 13.0. The molecule has 0 amide bonds. The molecule has 2 unspecified atom stereocenters. The number of nitrogens with zero attached hydrogens (tertiary/aromatic N) is 1. The number of carbonyl (C=O) groups is 3. The van der Waals surface area contributed by atoms with Crippen LogP contribution in [-0.4, -0.2) is 82.3 Å². The van der Waals surface area contributed by atoms with Crippen LogP contribution in [0.1, 0.15) is 425 Å². The van der Waals surface area contributed by atoms with Gasteiger partial charge in [0.1, 0.15) is 13.2 Å². The molecule has 0 aliphatic rings. The number of ether oxygens (including phenoxy) is 4. The smallest absolute Gasteiger partial charge is 0.306 e. The number of likely N-dealkylation sites (N-methyl/N-ethyl adjacent to an activating group) is 1. The molecular weight excluding hydrogens is 1200 g/mol. The van der Waals surface area contributed by atoms with Crippen molar-refractivity contribution in [3.63, 3.8) is 0 Å². The van der Waals surface area contributed by atoms with E-state index in [0.29, 0.717) is 23.9 Å². The Bertz CT molecular complexity index is 1780. The summed E-state index contributed by atoms with van der Waals surface area (Å²) in [5, 5.41) is 11.9. The molecule has 9 heteroatoms. The lowest BCUT2D eigenvalue weighted by molar-refractivity contribution is -0.870. The minimum Gasteiger partial charge on any atom is -0.545 e. The standard InChI is InChI=1S/C88H163NO8/c1-6-8-10-12-14-16-18-20-22-24-26-28-30-32-34-36-38-40-41-42-43-44-45-47-48-50-52-54-56-58-60-62-64-66-68-70-72-74-76-78-85(90)95-82-84(83-96-88(87(92)93)94-81-80-89(3,4)5)97-86(91)79-77-75-73-71-69-67-65-63-61-59-57-55-53-51-49-46-39-37-35-33-31-29-27-25-23-21-19-17-15-13-11-9-7-2/h18-21,24-27,31,33,84,88H,6-17,22-23,28-30,32,34-83H2,1-5H3/b20-18-,21-19-,26-24-,27-25-,33-31-. The van der Waals surface area contributed by atoms with Crippen LogP contribution in [0.25, 0.3) is 0 Å². The summed E-state index contributed by atoms with van der Waals surface area (Å²) in [6.45, 7) is 4.80. The van der Waals surface area contributed by atoms with Crippen LogP contribution in [0.15, 0.2) is 60.8 Å². The number of quaternary nitrogens is 1. The molecule has 0 saturated heterocycles. The first-order valence-electron chi connectivity index (χ1n) is 42.4. The molecule has 0 aromatic carbocycles. The van der Waals surface area contributed by atoms with E-state index in [4.69, 9.17) is 18.9 Å². The number of hydrogen-bond acceptors (Lipinski definition) is 8. The van der Waals surface area contributed by atoms with E-state index in [1.54, 1.807) is 0 Å². The second-order valence-corrected chi connectivity index (χ2v) is 30.1. The Morgan fingerprint density at radius 3 is 0.825 bits per heavy atom. The van der Waals surface area contributed by atoms with Gasteiger partial charge in [-0.3, -0.25) is 9.59 Å². The van der Waals surface area contributed by atoms with Gasteiger partial charge >= 0.3 is 11.9 Å². The van der Waals surface area contributed by atoms with Gasteiger partial charge in [0.2, 0.25) is 0 Å². The highest BCUT2D eigenvalue weighted by atomic mass is 16.7. The largest absolute Gasteiger partial charge is 0.545 e. The van der Waals surface area contributed by atoms with Crippen molar-refractivity contribution >= 4 is 17.9 Å².